The molecule has 0 amide bonds. The van der Waals surface area contributed by atoms with Crippen LogP contribution in [-0.4, -0.2) is 40.5 Å². The third kappa shape index (κ3) is 2.20. The minimum atomic E-state index is 0.657. The zero-order chi connectivity index (χ0) is 13.7. The SMILES string of the molecule is CC(C)N1C[C@@H]2Cc3nc(NCC4CC4)ncc3[C@H]2C1. The Morgan fingerprint density at radius 3 is 2.95 bits per heavy atom. The van der Waals surface area contributed by atoms with Crippen molar-refractivity contribution in [3.05, 3.63) is 17.5 Å². The van der Waals surface area contributed by atoms with E-state index in [2.05, 4.69) is 35.2 Å². The number of hydrogen-bond acceptors (Lipinski definition) is 4. The predicted molar refractivity (Wildman–Crippen MR) is 79.9 cm³/mol. The van der Waals surface area contributed by atoms with Gasteiger partial charge in [-0.3, -0.25) is 0 Å². The van der Waals surface area contributed by atoms with Crippen molar-refractivity contribution in [1.29, 1.82) is 0 Å². The Bertz CT molecular complexity index is 509. The Hall–Kier alpha value is -1.16. The van der Waals surface area contributed by atoms with E-state index in [-0.39, 0.29) is 0 Å². The summed E-state index contributed by atoms with van der Waals surface area (Å²) in [7, 11) is 0. The van der Waals surface area contributed by atoms with Gasteiger partial charge in [0, 0.05) is 43.5 Å². The summed E-state index contributed by atoms with van der Waals surface area (Å²) >= 11 is 0. The van der Waals surface area contributed by atoms with Crippen LogP contribution in [0.3, 0.4) is 0 Å². The van der Waals surface area contributed by atoms with E-state index in [9.17, 15) is 0 Å². The summed E-state index contributed by atoms with van der Waals surface area (Å²) in [4.78, 5) is 11.9. The quantitative estimate of drug-likeness (QED) is 0.913. The van der Waals surface area contributed by atoms with Gasteiger partial charge < -0.3 is 10.2 Å². The van der Waals surface area contributed by atoms with E-state index in [4.69, 9.17) is 4.98 Å². The molecule has 4 rings (SSSR count). The third-order valence-electron chi connectivity index (χ3n) is 5.20. The van der Waals surface area contributed by atoms with Crippen LogP contribution in [-0.2, 0) is 6.42 Å². The highest BCUT2D eigenvalue weighted by atomic mass is 15.2. The van der Waals surface area contributed by atoms with E-state index in [1.807, 2.05) is 0 Å². The van der Waals surface area contributed by atoms with Gasteiger partial charge in [-0.25, -0.2) is 9.97 Å². The molecule has 4 nitrogen and oxygen atoms in total. The smallest absolute Gasteiger partial charge is 0.222 e. The fourth-order valence-electron chi connectivity index (χ4n) is 3.68. The van der Waals surface area contributed by atoms with Crippen LogP contribution < -0.4 is 5.32 Å². The lowest BCUT2D eigenvalue weighted by atomic mass is 9.98. The Morgan fingerprint density at radius 2 is 2.20 bits per heavy atom. The summed E-state index contributed by atoms with van der Waals surface area (Å²) < 4.78 is 0. The number of likely N-dealkylation sites (tertiary alicyclic amines) is 1. The molecule has 0 bridgehead atoms. The van der Waals surface area contributed by atoms with Crippen LogP contribution in [0.4, 0.5) is 5.95 Å². The van der Waals surface area contributed by atoms with Gasteiger partial charge in [0.15, 0.2) is 0 Å². The van der Waals surface area contributed by atoms with Crippen molar-refractivity contribution in [3.63, 3.8) is 0 Å². The van der Waals surface area contributed by atoms with Crippen LogP contribution in [0.25, 0.3) is 0 Å². The summed E-state index contributed by atoms with van der Waals surface area (Å²) in [5.41, 5.74) is 2.71. The molecule has 1 N–H and O–H groups in total. The van der Waals surface area contributed by atoms with Crippen LogP contribution in [0.5, 0.6) is 0 Å². The molecule has 2 aliphatic carbocycles. The first-order valence-corrected chi connectivity index (χ1v) is 8.04. The number of aromatic nitrogens is 2. The second-order valence-electron chi connectivity index (χ2n) is 7.04. The highest BCUT2D eigenvalue weighted by Gasteiger charge is 2.41. The molecule has 108 valence electrons. The fraction of sp³-hybridized carbons (Fsp3) is 0.750. The Kier molecular flexibility index (Phi) is 2.95. The van der Waals surface area contributed by atoms with E-state index in [0.29, 0.717) is 12.0 Å². The Labute approximate surface area is 121 Å². The molecule has 1 saturated carbocycles. The van der Waals surface area contributed by atoms with Gasteiger partial charge >= 0.3 is 0 Å². The second-order valence-corrected chi connectivity index (χ2v) is 7.04. The lowest BCUT2D eigenvalue weighted by Crippen LogP contribution is -2.29. The van der Waals surface area contributed by atoms with E-state index >= 15 is 0 Å². The third-order valence-corrected chi connectivity index (χ3v) is 5.20. The van der Waals surface area contributed by atoms with Gasteiger partial charge in [-0.2, -0.15) is 0 Å². The van der Waals surface area contributed by atoms with Gasteiger partial charge in [-0.15, -0.1) is 0 Å². The van der Waals surface area contributed by atoms with Crippen LogP contribution in [0.15, 0.2) is 6.20 Å². The van der Waals surface area contributed by atoms with E-state index in [1.54, 1.807) is 0 Å². The van der Waals surface area contributed by atoms with Crippen molar-refractivity contribution in [2.45, 2.75) is 45.1 Å². The molecule has 1 aromatic heterocycles. The molecule has 4 heteroatoms. The number of fused-ring (bicyclic) bond motifs is 3. The summed E-state index contributed by atoms with van der Waals surface area (Å²) in [6, 6.07) is 0.657. The Morgan fingerprint density at radius 1 is 1.35 bits per heavy atom. The minimum absolute atomic E-state index is 0.657. The average Bonchev–Trinajstić information content (AvgIpc) is 3.06. The highest BCUT2D eigenvalue weighted by Crippen LogP contribution is 2.42. The molecule has 0 unspecified atom stereocenters. The van der Waals surface area contributed by atoms with Gasteiger partial charge in [0.1, 0.15) is 0 Å². The molecule has 20 heavy (non-hydrogen) atoms. The summed E-state index contributed by atoms with van der Waals surface area (Å²) in [6.45, 7) is 8.05. The van der Waals surface area contributed by atoms with Crippen molar-refractivity contribution in [1.82, 2.24) is 14.9 Å². The molecule has 0 aromatic carbocycles. The molecular formula is C16H24N4. The zero-order valence-corrected chi connectivity index (χ0v) is 12.5. The average molecular weight is 272 g/mol. The molecular weight excluding hydrogens is 248 g/mol. The maximum atomic E-state index is 4.76. The van der Waals surface area contributed by atoms with Crippen LogP contribution in [0.2, 0.25) is 0 Å². The number of anilines is 1. The van der Waals surface area contributed by atoms with Gasteiger partial charge in [-0.05, 0) is 50.5 Å². The first-order valence-electron chi connectivity index (χ1n) is 8.04. The van der Waals surface area contributed by atoms with E-state index in [1.165, 1.54) is 37.2 Å². The lowest BCUT2D eigenvalue weighted by molar-refractivity contribution is 0.262. The lowest BCUT2D eigenvalue weighted by Gasteiger charge is -2.21. The molecule has 0 radical (unpaired) electrons. The number of rotatable bonds is 4. The largest absolute Gasteiger partial charge is 0.354 e. The van der Waals surface area contributed by atoms with Gasteiger partial charge in [-0.1, -0.05) is 0 Å². The maximum absolute atomic E-state index is 4.76. The summed E-state index contributed by atoms with van der Waals surface area (Å²) in [6.07, 6.45) is 5.97. The number of hydrogen-bond donors (Lipinski definition) is 1. The Balaban J connectivity index is 1.48. The highest BCUT2D eigenvalue weighted by molar-refractivity contribution is 5.37. The van der Waals surface area contributed by atoms with Crippen molar-refractivity contribution in [2.75, 3.05) is 25.0 Å². The van der Waals surface area contributed by atoms with Gasteiger partial charge in [0.05, 0.1) is 0 Å². The van der Waals surface area contributed by atoms with E-state index in [0.717, 1.165) is 30.7 Å². The minimum Gasteiger partial charge on any atom is -0.354 e. The van der Waals surface area contributed by atoms with Gasteiger partial charge in [0.2, 0.25) is 5.95 Å². The zero-order valence-electron chi connectivity index (χ0n) is 12.5. The molecule has 2 fully saturated rings. The standard InChI is InChI=1S/C16H24N4/c1-10(2)20-8-12-5-15-13(14(12)9-20)7-18-16(19-15)17-6-11-3-4-11/h7,10-12,14H,3-6,8-9H2,1-2H3,(H,17,18,19)/t12-,14-/m0/s1. The summed E-state index contributed by atoms with van der Waals surface area (Å²) in [5, 5.41) is 3.40. The van der Waals surface area contributed by atoms with Crippen molar-refractivity contribution < 1.29 is 0 Å². The monoisotopic (exact) mass is 272 g/mol. The molecule has 2 atom stereocenters. The van der Waals surface area contributed by atoms with Crippen LogP contribution >= 0.6 is 0 Å². The molecule has 1 aromatic rings. The summed E-state index contributed by atoms with van der Waals surface area (Å²) in [5.74, 6) is 3.15. The maximum Gasteiger partial charge on any atom is 0.222 e. The first kappa shape index (κ1) is 12.6. The second kappa shape index (κ2) is 4.69. The molecule has 3 aliphatic rings. The first-order chi connectivity index (χ1) is 9.70. The molecule has 2 heterocycles. The van der Waals surface area contributed by atoms with Gasteiger partial charge in [0.25, 0.3) is 0 Å². The van der Waals surface area contributed by atoms with Crippen molar-refractivity contribution >= 4 is 5.95 Å². The molecule has 1 aliphatic heterocycles. The van der Waals surface area contributed by atoms with Crippen LogP contribution in [0, 0.1) is 11.8 Å². The van der Waals surface area contributed by atoms with Crippen molar-refractivity contribution in [2.24, 2.45) is 11.8 Å². The normalized spacial score (nSPS) is 28.8. The van der Waals surface area contributed by atoms with Crippen molar-refractivity contribution in [3.8, 4) is 0 Å². The van der Waals surface area contributed by atoms with Crippen LogP contribution in [0.1, 0.15) is 43.9 Å². The number of nitrogens with zero attached hydrogens (tertiary/aromatic N) is 3. The number of nitrogens with one attached hydrogen (secondary N) is 1. The van der Waals surface area contributed by atoms with E-state index < -0.39 is 0 Å². The fourth-order valence-corrected chi connectivity index (χ4v) is 3.68. The predicted octanol–water partition coefficient (Wildman–Crippen LogP) is 2.28. The topological polar surface area (TPSA) is 41.1 Å². The molecule has 0 spiro atoms. The molecule has 1 saturated heterocycles.